The Labute approximate surface area is 78.7 Å². The van der Waals surface area contributed by atoms with Crippen molar-refractivity contribution in [2.45, 2.75) is 19.4 Å². The zero-order valence-electron chi connectivity index (χ0n) is 7.36. The summed E-state index contributed by atoms with van der Waals surface area (Å²) >= 11 is 4.22. The fourth-order valence-electron chi connectivity index (χ4n) is 1.54. The van der Waals surface area contributed by atoms with E-state index in [2.05, 4.69) is 12.6 Å². The lowest BCUT2D eigenvalue weighted by molar-refractivity contribution is -0.130. The molecule has 4 heteroatoms. The van der Waals surface area contributed by atoms with Crippen molar-refractivity contribution >= 4 is 18.5 Å². The Morgan fingerprint density at radius 3 is 2.83 bits per heavy atom. The molecule has 1 fully saturated rings. The maximum Gasteiger partial charge on any atom is 0.219 e. The standard InChI is InChI=1S/C8H16N2OS/c1-6(11)10-3-2-7(5-12)8(9)4-10/h7-8,12H,2-5,9H2,1H3. The minimum absolute atomic E-state index is 0.111. The van der Waals surface area contributed by atoms with E-state index in [1.165, 1.54) is 0 Å². The fourth-order valence-corrected chi connectivity index (χ4v) is 2.00. The Bertz CT molecular complexity index is 174. The number of nitrogens with two attached hydrogens (primary N) is 1. The summed E-state index contributed by atoms with van der Waals surface area (Å²) in [5, 5.41) is 0. The fraction of sp³-hybridized carbons (Fsp3) is 0.875. The molecule has 2 N–H and O–H groups in total. The Hall–Kier alpha value is -0.220. The Kier molecular flexibility index (Phi) is 3.40. The summed E-state index contributed by atoms with van der Waals surface area (Å²) in [6.45, 7) is 3.13. The molecule has 0 spiro atoms. The minimum Gasteiger partial charge on any atom is -0.341 e. The van der Waals surface area contributed by atoms with Crippen LogP contribution in [-0.4, -0.2) is 35.7 Å². The number of piperidine rings is 1. The molecule has 0 radical (unpaired) electrons. The summed E-state index contributed by atoms with van der Waals surface area (Å²) in [4.78, 5) is 12.8. The third-order valence-electron chi connectivity index (χ3n) is 2.49. The van der Waals surface area contributed by atoms with E-state index >= 15 is 0 Å². The zero-order valence-corrected chi connectivity index (χ0v) is 8.26. The molecule has 70 valence electrons. The van der Waals surface area contributed by atoms with Gasteiger partial charge in [0.05, 0.1) is 0 Å². The lowest BCUT2D eigenvalue weighted by Gasteiger charge is -2.35. The Morgan fingerprint density at radius 2 is 2.42 bits per heavy atom. The third kappa shape index (κ3) is 2.14. The maximum atomic E-state index is 11.0. The molecule has 12 heavy (non-hydrogen) atoms. The van der Waals surface area contributed by atoms with Crippen molar-refractivity contribution in [3.8, 4) is 0 Å². The molecule has 2 atom stereocenters. The number of rotatable bonds is 1. The monoisotopic (exact) mass is 188 g/mol. The van der Waals surface area contributed by atoms with Crippen LogP contribution in [0.25, 0.3) is 0 Å². The van der Waals surface area contributed by atoms with Crippen molar-refractivity contribution in [2.24, 2.45) is 11.7 Å². The zero-order chi connectivity index (χ0) is 9.14. The van der Waals surface area contributed by atoms with E-state index in [0.29, 0.717) is 12.5 Å². The van der Waals surface area contributed by atoms with Crippen LogP contribution in [0, 0.1) is 5.92 Å². The average Bonchev–Trinajstić information content (AvgIpc) is 2.04. The number of likely N-dealkylation sites (tertiary alicyclic amines) is 1. The van der Waals surface area contributed by atoms with Gasteiger partial charge in [0, 0.05) is 26.1 Å². The Morgan fingerprint density at radius 1 is 1.75 bits per heavy atom. The number of thiol groups is 1. The molecule has 1 rings (SSSR count). The molecule has 1 saturated heterocycles. The maximum absolute atomic E-state index is 11.0. The predicted octanol–water partition coefficient (Wildman–Crippen LogP) is 0.112. The highest BCUT2D eigenvalue weighted by molar-refractivity contribution is 7.80. The van der Waals surface area contributed by atoms with Crippen molar-refractivity contribution in [1.29, 1.82) is 0 Å². The summed E-state index contributed by atoms with van der Waals surface area (Å²) in [5.41, 5.74) is 5.87. The molecule has 0 saturated carbocycles. The number of nitrogens with zero attached hydrogens (tertiary/aromatic N) is 1. The number of amides is 1. The van der Waals surface area contributed by atoms with Gasteiger partial charge in [-0.25, -0.2) is 0 Å². The number of carbonyl (C=O) groups excluding carboxylic acids is 1. The second-order valence-corrected chi connectivity index (χ2v) is 3.73. The molecule has 0 aliphatic carbocycles. The van der Waals surface area contributed by atoms with Crippen molar-refractivity contribution < 1.29 is 4.79 Å². The Balaban J connectivity index is 2.46. The third-order valence-corrected chi connectivity index (χ3v) is 2.96. The number of hydrogen-bond acceptors (Lipinski definition) is 3. The molecule has 3 nitrogen and oxygen atoms in total. The van der Waals surface area contributed by atoms with Gasteiger partial charge >= 0.3 is 0 Å². The molecule has 0 bridgehead atoms. The van der Waals surface area contributed by atoms with E-state index in [9.17, 15) is 4.79 Å². The average molecular weight is 188 g/mol. The SMILES string of the molecule is CC(=O)N1CCC(CS)C(N)C1. The van der Waals surface area contributed by atoms with Crippen molar-refractivity contribution in [3.63, 3.8) is 0 Å². The van der Waals surface area contributed by atoms with Gasteiger partial charge in [-0.15, -0.1) is 0 Å². The molecule has 1 aliphatic heterocycles. The van der Waals surface area contributed by atoms with Gasteiger partial charge in [0.1, 0.15) is 0 Å². The molecule has 0 aromatic rings. The number of carbonyl (C=O) groups is 1. The van der Waals surface area contributed by atoms with Crippen LogP contribution >= 0.6 is 12.6 Å². The van der Waals surface area contributed by atoms with Gasteiger partial charge in [0.2, 0.25) is 5.91 Å². The summed E-state index contributed by atoms with van der Waals surface area (Å²) < 4.78 is 0. The van der Waals surface area contributed by atoms with E-state index in [0.717, 1.165) is 18.7 Å². The van der Waals surface area contributed by atoms with Gasteiger partial charge < -0.3 is 10.6 Å². The van der Waals surface area contributed by atoms with E-state index in [1.807, 2.05) is 4.90 Å². The van der Waals surface area contributed by atoms with Crippen LogP contribution < -0.4 is 5.73 Å². The lowest BCUT2D eigenvalue weighted by atomic mass is 9.94. The van der Waals surface area contributed by atoms with Crippen LogP contribution in [0.2, 0.25) is 0 Å². The van der Waals surface area contributed by atoms with Crippen LogP contribution in [0.4, 0.5) is 0 Å². The molecule has 1 amide bonds. The van der Waals surface area contributed by atoms with Crippen LogP contribution in [-0.2, 0) is 4.79 Å². The van der Waals surface area contributed by atoms with Crippen LogP contribution in [0.3, 0.4) is 0 Å². The highest BCUT2D eigenvalue weighted by atomic mass is 32.1. The smallest absolute Gasteiger partial charge is 0.219 e. The van der Waals surface area contributed by atoms with Crippen molar-refractivity contribution in [2.75, 3.05) is 18.8 Å². The first-order valence-corrected chi connectivity index (χ1v) is 4.90. The van der Waals surface area contributed by atoms with E-state index < -0.39 is 0 Å². The normalized spacial score (nSPS) is 30.4. The van der Waals surface area contributed by atoms with Crippen LogP contribution in [0.5, 0.6) is 0 Å². The topological polar surface area (TPSA) is 46.3 Å². The van der Waals surface area contributed by atoms with E-state index in [1.54, 1.807) is 6.92 Å². The first-order chi connectivity index (χ1) is 5.65. The first-order valence-electron chi connectivity index (χ1n) is 4.27. The lowest BCUT2D eigenvalue weighted by Crippen LogP contribution is -2.50. The van der Waals surface area contributed by atoms with E-state index in [-0.39, 0.29) is 11.9 Å². The number of hydrogen-bond donors (Lipinski definition) is 2. The largest absolute Gasteiger partial charge is 0.341 e. The highest BCUT2D eigenvalue weighted by Gasteiger charge is 2.26. The van der Waals surface area contributed by atoms with Crippen molar-refractivity contribution in [3.05, 3.63) is 0 Å². The molecule has 1 heterocycles. The van der Waals surface area contributed by atoms with Gasteiger partial charge in [-0.05, 0) is 18.1 Å². The summed E-state index contributed by atoms with van der Waals surface area (Å²) in [5.74, 6) is 1.43. The second kappa shape index (κ2) is 4.14. The molecule has 0 aromatic heterocycles. The van der Waals surface area contributed by atoms with Crippen LogP contribution in [0.15, 0.2) is 0 Å². The highest BCUT2D eigenvalue weighted by Crippen LogP contribution is 2.17. The summed E-state index contributed by atoms with van der Waals surface area (Å²) in [6, 6.07) is 0.111. The minimum atomic E-state index is 0.111. The molecule has 0 aromatic carbocycles. The molecule has 2 unspecified atom stereocenters. The van der Waals surface area contributed by atoms with Gasteiger partial charge in [0.25, 0.3) is 0 Å². The quantitative estimate of drug-likeness (QED) is 0.574. The summed E-state index contributed by atoms with van der Waals surface area (Å²) in [7, 11) is 0. The second-order valence-electron chi connectivity index (χ2n) is 3.36. The molecular weight excluding hydrogens is 172 g/mol. The molecular formula is C8H16N2OS. The van der Waals surface area contributed by atoms with Gasteiger partial charge in [-0.2, -0.15) is 12.6 Å². The van der Waals surface area contributed by atoms with Gasteiger partial charge in [-0.3, -0.25) is 4.79 Å². The molecule has 1 aliphatic rings. The van der Waals surface area contributed by atoms with Crippen molar-refractivity contribution in [1.82, 2.24) is 4.90 Å². The van der Waals surface area contributed by atoms with E-state index in [4.69, 9.17) is 5.73 Å². The first kappa shape index (κ1) is 9.86. The van der Waals surface area contributed by atoms with Crippen LogP contribution in [0.1, 0.15) is 13.3 Å². The summed E-state index contributed by atoms with van der Waals surface area (Å²) in [6.07, 6.45) is 0.990. The van der Waals surface area contributed by atoms with Gasteiger partial charge in [-0.1, -0.05) is 0 Å². The van der Waals surface area contributed by atoms with Gasteiger partial charge in [0.15, 0.2) is 0 Å². The predicted molar refractivity (Wildman–Crippen MR) is 52.2 cm³/mol.